The molecule has 0 atom stereocenters. The zero-order chi connectivity index (χ0) is 13.1. The Kier molecular flexibility index (Phi) is 3.49. The summed E-state index contributed by atoms with van der Waals surface area (Å²) in [6.45, 7) is 0. The normalized spacial score (nSPS) is 9.83. The second-order valence-corrected chi connectivity index (χ2v) is 4.40. The Hall–Kier alpha value is -2.06. The van der Waals surface area contributed by atoms with Gasteiger partial charge in [0.1, 0.15) is 5.75 Å². The molecule has 18 heavy (non-hydrogen) atoms. The van der Waals surface area contributed by atoms with Crippen LogP contribution in [0.25, 0.3) is 0 Å². The van der Waals surface area contributed by atoms with Crippen molar-refractivity contribution in [1.29, 1.82) is 5.26 Å². The van der Waals surface area contributed by atoms with Crippen molar-refractivity contribution in [3.05, 3.63) is 52.3 Å². The van der Waals surface area contributed by atoms with Crippen molar-refractivity contribution >= 4 is 21.6 Å². The Balaban J connectivity index is 2.32. The number of nitrogens with two attached hydrogens (primary N) is 1. The second kappa shape index (κ2) is 5.07. The minimum Gasteiger partial charge on any atom is -0.453 e. The van der Waals surface area contributed by atoms with Crippen LogP contribution in [0.5, 0.6) is 11.5 Å². The van der Waals surface area contributed by atoms with Crippen LogP contribution in [-0.2, 0) is 0 Å². The summed E-state index contributed by atoms with van der Waals surface area (Å²) in [4.78, 5) is 0. The number of benzene rings is 2. The molecule has 2 aromatic carbocycles. The van der Waals surface area contributed by atoms with Crippen LogP contribution in [0.4, 0.5) is 10.1 Å². The third-order valence-corrected chi connectivity index (χ3v) is 2.86. The van der Waals surface area contributed by atoms with Crippen molar-refractivity contribution in [2.24, 2.45) is 0 Å². The van der Waals surface area contributed by atoms with Gasteiger partial charge in [-0.25, -0.2) is 4.39 Å². The predicted molar refractivity (Wildman–Crippen MR) is 69.7 cm³/mol. The molecule has 90 valence electrons. The van der Waals surface area contributed by atoms with Gasteiger partial charge in [-0.2, -0.15) is 5.26 Å². The number of nitriles is 1. The number of nitrogens with zero attached hydrogens (tertiary/aromatic N) is 1. The van der Waals surface area contributed by atoms with Gasteiger partial charge in [-0.1, -0.05) is 0 Å². The van der Waals surface area contributed by atoms with Crippen LogP contribution in [0.15, 0.2) is 40.9 Å². The Bertz CT molecular complexity index is 637. The van der Waals surface area contributed by atoms with Crippen LogP contribution in [0, 0.1) is 17.1 Å². The molecular weight excluding hydrogens is 299 g/mol. The summed E-state index contributed by atoms with van der Waals surface area (Å²) in [6, 6.07) is 11.0. The summed E-state index contributed by atoms with van der Waals surface area (Å²) < 4.78 is 19.5. The molecule has 0 aliphatic rings. The van der Waals surface area contributed by atoms with Gasteiger partial charge in [-0.3, -0.25) is 0 Å². The van der Waals surface area contributed by atoms with E-state index in [1.54, 1.807) is 24.3 Å². The first kappa shape index (κ1) is 12.4. The van der Waals surface area contributed by atoms with E-state index in [0.29, 0.717) is 21.5 Å². The number of halogens is 2. The predicted octanol–water partition coefficient (Wildman–Crippen LogP) is 3.83. The molecule has 0 amide bonds. The van der Waals surface area contributed by atoms with Crippen LogP contribution in [0.1, 0.15) is 5.56 Å². The maximum absolute atomic E-state index is 13.5. The number of anilines is 1. The van der Waals surface area contributed by atoms with E-state index in [-0.39, 0.29) is 5.75 Å². The molecule has 3 nitrogen and oxygen atoms in total. The number of hydrogen-bond donors (Lipinski definition) is 1. The van der Waals surface area contributed by atoms with Gasteiger partial charge in [0.15, 0.2) is 11.6 Å². The minimum absolute atomic E-state index is 0.0783. The molecule has 0 aliphatic carbocycles. The third kappa shape index (κ3) is 2.60. The lowest BCUT2D eigenvalue weighted by Crippen LogP contribution is -1.92. The highest BCUT2D eigenvalue weighted by Crippen LogP contribution is 2.32. The smallest absolute Gasteiger partial charge is 0.167 e. The molecule has 0 saturated carbocycles. The van der Waals surface area contributed by atoms with Gasteiger partial charge >= 0.3 is 0 Å². The fourth-order valence-corrected chi connectivity index (χ4v) is 1.83. The fraction of sp³-hybridized carbons (Fsp3) is 0. The van der Waals surface area contributed by atoms with Crippen molar-refractivity contribution in [2.45, 2.75) is 0 Å². The molecule has 2 N–H and O–H groups in total. The Morgan fingerprint density at radius 3 is 2.50 bits per heavy atom. The average molecular weight is 307 g/mol. The Labute approximate surface area is 112 Å². The van der Waals surface area contributed by atoms with Crippen LogP contribution in [-0.4, -0.2) is 0 Å². The molecule has 0 unspecified atom stereocenters. The molecule has 0 fully saturated rings. The van der Waals surface area contributed by atoms with Gasteiger partial charge in [-0.15, -0.1) is 0 Å². The first-order chi connectivity index (χ1) is 8.60. The highest BCUT2D eigenvalue weighted by Gasteiger charge is 2.08. The molecule has 0 aromatic heterocycles. The molecule has 0 heterocycles. The van der Waals surface area contributed by atoms with E-state index < -0.39 is 5.82 Å². The molecule has 0 bridgehead atoms. The third-order valence-electron chi connectivity index (χ3n) is 2.24. The first-order valence-corrected chi connectivity index (χ1v) is 5.82. The summed E-state index contributed by atoms with van der Waals surface area (Å²) in [5.41, 5.74) is 6.27. The molecule has 0 saturated heterocycles. The largest absolute Gasteiger partial charge is 0.453 e. The summed E-state index contributed by atoms with van der Waals surface area (Å²) in [5, 5.41) is 8.73. The highest BCUT2D eigenvalue weighted by molar-refractivity contribution is 9.10. The molecule has 2 rings (SSSR count). The highest BCUT2D eigenvalue weighted by atomic mass is 79.9. The van der Waals surface area contributed by atoms with Gasteiger partial charge in [0.2, 0.25) is 0 Å². The summed E-state index contributed by atoms with van der Waals surface area (Å²) in [6.07, 6.45) is 0. The van der Waals surface area contributed by atoms with Crippen LogP contribution in [0.2, 0.25) is 0 Å². The van der Waals surface area contributed by atoms with Crippen molar-refractivity contribution in [1.82, 2.24) is 0 Å². The van der Waals surface area contributed by atoms with Crippen molar-refractivity contribution in [3.63, 3.8) is 0 Å². The molecule has 0 aliphatic heterocycles. The van der Waals surface area contributed by atoms with Crippen LogP contribution < -0.4 is 10.5 Å². The molecule has 5 heteroatoms. The molecular formula is C13H8BrFN2O. The van der Waals surface area contributed by atoms with Gasteiger partial charge < -0.3 is 10.5 Å². The topological polar surface area (TPSA) is 59.0 Å². The zero-order valence-electron chi connectivity index (χ0n) is 9.15. The SMILES string of the molecule is N#Cc1ccc(Oc2ccc(N)cc2F)c(Br)c1. The average Bonchev–Trinajstić information content (AvgIpc) is 2.34. The van der Waals surface area contributed by atoms with E-state index in [9.17, 15) is 4.39 Å². The molecule has 2 aromatic rings. The molecule has 0 spiro atoms. The quantitative estimate of drug-likeness (QED) is 0.858. The summed E-state index contributed by atoms with van der Waals surface area (Å²) in [7, 11) is 0. The van der Waals surface area contributed by atoms with Crippen molar-refractivity contribution in [2.75, 3.05) is 5.73 Å². The van der Waals surface area contributed by atoms with Crippen molar-refractivity contribution in [3.8, 4) is 17.6 Å². The number of ether oxygens (including phenoxy) is 1. The van der Waals surface area contributed by atoms with E-state index in [0.717, 1.165) is 0 Å². The standard InChI is InChI=1S/C13H8BrFN2O/c14-10-5-8(7-16)1-3-12(10)18-13-4-2-9(17)6-11(13)15/h1-6H,17H2. The van der Waals surface area contributed by atoms with Gasteiger partial charge in [-0.05, 0) is 46.3 Å². The maximum atomic E-state index is 13.5. The summed E-state index contributed by atoms with van der Waals surface area (Å²) >= 11 is 3.26. The maximum Gasteiger partial charge on any atom is 0.167 e. The van der Waals surface area contributed by atoms with E-state index in [2.05, 4.69) is 15.9 Å². The minimum atomic E-state index is -0.536. The number of nitrogen functional groups attached to an aromatic ring is 1. The number of rotatable bonds is 2. The van der Waals surface area contributed by atoms with Crippen LogP contribution in [0.3, 0.4) is 0 Å². The van der Waals surface area contributed by atoms with E-state index >= 15 is 0 Å². The fourth-order valence-electron chi connectivity index (χ4n) is 1.37. The van der Waals surface area contributed by atoms with Crippen molar-refractivity contribution < 1.29 is 9.13 Å². The lowest BCUT2D eigenvalue weighted by Gasteiger charge is -2.09. The second-order valence-electron chi connectivity index (χ2n) is 3.55. The van der Waals surface area contributed by atoms with Crippen LogP contribution >= 0.6 is 15.9 Å². The lowest BCUT2D eigenvalue weighted by atomic mass is 10.2. The van der Waals surface area contributed by atoms with Gasteiger partial charge in [0, 0.05) is 11.8 Å². The Morgan fingerprint density at radius 1 is 1.17 bits per heavy atom. The first-order valence-electron chi connectivity index (χ1n) is 5.02. The monoisotopic (exact) mass is 306 g/mol. The zero-order valence-corrected chi connectivity index (χ0v) is 10.7. The van der Waals surface area contributed by atoms with E-state index in [1.807, 2.05) is 6.07 Å². The molecule has 0 radical (unpaired) electrons. The van der Waals surface area contributed by atoms with Gasteiger partial charge in [0.05, 0.1) is 16.1 Å². The summed E-state index contributed by atoms with van der Waals surface area (Å²) in [5.74, 6) is -0.0291. The Morgan fingerprint density at radius 2 is 1.89 bits per heavy atom. The van der Waals surface area contributed by atoms with E-state index in [1.165, 1.54) is 12.1 Å². The lowest BCUT2D eigenvalue weighted by molar-refractivity contribution is 0.440. The van der Waals surface area contributed by atoms with E-state index in [4.69, 9.17) is 15.7 Å². The van der Waals surface area contributed by atoms with Gasteiger partial charge in [0.25, 0.3) is 0 Å². The number of hydrogen-bond acceptors (Lipinski definition) is 3.